The van der Waals surface area contributed by atoms with Crippen molar-refractivity contribution in [3.63, 3.8) is 0 Å². The van der Waals surface area contributed by atoms with Crippen molar-refractivity contribution >= 4 is 17.7 Å². The van der Waals surface area contributed by atoms with Crippen LogP contribution in [0.25, 0.3) is 0 Å². The summed E-state index contributed by atoms with van der Waals surface area (Å²) in [4.78, 5) is 15.3. The van der Waals surface area contributed by atoms with E-state index in [0.29, 0.717) is 6.04 Å². The molecule has 0 spiro atoms. The first kappa shape index (κ1) is 19.1. The summed E-state index contributed by atoms with van der Waals surface area (Å²) in [6, 6.07) is 14.8. The van der Waals surface area contributed by atoms with E-state index in [1.54, 1.807) is 11.8 Å². The number of piperidine rings is 1. The molecule has 0 saturated carbocycles. The Labute approximate surface area is 161 Å². The van der Waals surface area contributed by atoms with E-state index < -0.39 is 0 Å². The maximum Gasteiger partial charge on any atom is 0.243 e. The van der Waals surface area contributed by atoms with Gasteiger partial charge < -0.3 is 9.88 Å². The number of likely N-dealkylation sites (tertiary alicyclic amines) is 1. The molecule has 0 unspecified atom stereocenters. The second-order valence-electron chi connectivity index (χ2n) is 6.97. The van der Waals surface area contributed by atoms with Gasteiger partial charge in [-0.3, -0.25) is 9.69 Å². The van der Waals surface area contributed by atoms with Crippen LogP contribution in [-0.4, -0.2) is 46.5 Å². The monoisotopic (exact) mass is 371 g/mol. The first-order valence-corrected chi connectivity index (χ1v) is 10.8. The van der Waals surface area contributed by atoms with E-state index in [0.717, 1.165) is 44.6 Å². The minimum Gasteiger partial charge on any atom is -0.351 e. The third-order valence-electron chi connectivity index (χ3n) is 5.07. The zero-order valence-corrected chi connectivity index (χ0v) is 16.3. The fourth-order valence-electron chi connectivity index (χ4n) is 3.58. The van der Waals surface area contributed by atoms with E-state index >= 15 is 0 Å². The first-order valence-electron chi connectivity index (χ1n) is 9.44. The number of nitrogens with one attached hydrogen (secondary N) is 1. The number of aromatic nitrogens is 1. The highest BCUT2D eigenvalue weighted by Crippen LogP contribution is 2.18. The molecule has 1 aliphatic rings. The van der Waals surface area contributed by atoms with E-state index in [4.69, 9.17) is 0 Å². The molecule has 2 aromatic rings. The van der Waals surface area contributed by atoms with Gasteiger partial charge in [-0.15, -0.1) is 0 Å². The summed E-state index contributed by atoms with van der Waals surface area (Å²) < 4.78 is 2.04. The van der Waals surface area contributed by atoms with Crippen LogP contribution in [0.5, 0.6) is 0 Å². The van der Waals surface area contributed by atoms with Gasteiger partial charge in [0.05, 0.1) is 0 Å². The van der Waals surface area contributed by atoms with Gasteiger partial charge in [0.2, 0.25) is 5.91 Å². The van der Waals surface area contributed by atoms with Crippen molar-refractivity contribution < 1.29 is 4.79 Å². The van der Waals surface area contributed by atoms with Gasteiger partial charge in [-0.25, -0.2) is 0 Å². The molecule has 1 fully saturated rings. The summed E-state index contributed by atoms with van der Waals surface area (Å²) >= 11 is 1.79. The number of hydrogen-bond donors (Lipinski definition) is 1. The van der Waals surface area contributed by atoms with Crippen LogP contribution >= 0.6 is 11.8 Å². The van der Waals surface area contributed by atoms with Gasteiger partial charge in [0.1, 0.15) is 6.04 Å². The number of nitrogens with zero attached hydrogens (tertiary/aromatic N) is 2. The lowest BCUT2D eigenvalue weighted by Gasteiger charge is -2.33. The van der Waals surface area contributed by atoms with E-state index in [9.17, 15) is 4.79 Å². The third kappa shape index (κ3) is 5.39. The number of amides is 1. The molecule has 1 amide bonds. The van der Waals surface area contributed by atoms with Gasteiger partial charge in [-0.1, -0.05) is 30.3 Å². The van der Waals surface area contributed by atoms with Crippen molar-refractivity contribution in [2.24, 2.45) is 0 Å². The molecular formula is C21H29N3OS. The molecule has 0 radical (unpaired) electrons. The van der Waals surface area contributed by atoms with E-state index in [-0.39, 0.29) is 11.9 Å². The molecule has 2 heterocycles. The Bertz CT molecular complexity index is 651. The molecule has 0 bridgehead atoms. The Morgan fingerprint density at radius 1 is 1.15 bits per heavy atom. The first-order chi connectivity index (χ1) is 12.8. The van der Waals surface area contributed by atoms with Crippen molar-refractivity contribution in [2.45, 2.75) is 37.9 Å². The van der Waals surface area contributed by atoms with Crippen molar-refractivity contribution in [3.8, 4) is 0 Å². The van der Waals surface area contributed by atoms with E-state index in [2.05, 4.69) is 46.8 Å². The normalized spacial score (nSPS) is 17.1. The van der Waals surface area contributed by atoms with Crippen molar-refractivity contribution in [1.29, 1.82) is 0 Å². The van der Waals surface area contributed by atoms with Gasteiger partial charge in [-0.05, 0) is 49.0 Å². The van der Waals surface area contributed by atoms with Crippen LogP contribution in [0.2, 0.25) is 0 Å². The van der Waals surface area contributed by atoms with Gasteiger partial charge in [-0.2, -0.15) is 11.8 Å². The van der Waals surface area contributed by atoms with Crippen LogP contribution in [0, 0.1) is 0 Å². The fraction of sp³-hybridized carbons (Fsp3) is 0.476. The fourth-order valence-corrected chi connectivity index (χ4v) is 4.03. The molecule has 1 atom stereocenters. The Morgan fingerprint density at radius 2 is 1.85 bits per heavy atom. The topological polar surface area (TPSA) is 37.3 Å². The minimum atomic E-state index is -0.0974. The molecule has 4 nitrogen and oxygen atoms in total. The molecule has 140 valence electrons. The molecule has 1 N–H and O–H groups in total. The molecule has 26 heavy (non-hydrogen) atoms. The largest absolute Gasteiger partial charge is 0.351 e. The Morgan fingerprint density at radius 3 is 2.50 bits per heavy atom. The predicted octanol–water partition coefficient (Wildman–Crippen LogP) is 3.56. The number of carbonyl (C=O) groups is 1. The molecule has 5 heteroatoms. The summed E-state index contributed by atoms with van der Waals surface area (Å²) in [6.45, 7) is 3.08. The van der Waals surface area contributed by atoms with Gasteiger partial charge in [0.25, 0.3) is 0 Å². The summed E-state index contributed by atoms with van der Waals surface area (Å²) in [5, 5.41) is 3.30. The van der Waals surface area contributed by atoms with Crippen LogP contribution < -0.4 is 5.32 Å². The lowest BCUT2D eigenvalue weighted by molar-refractivity contribution is -0.125. The van der Waals surface area contributed by atoms with Gasteiger partial charge in [0, 0.05) is 38.1 Å². The SMILES string of the molecule is CSCC[C@H](C(=O)NC1CCN(Cc2ccccc2)CC1)n1cccc1. The Hall–Kier alpha value is -1.72. The zero-order valence-electron chi connectivity index (χ0n) is 15.5. The predicted molar refractivity (Wildman–Crippen MR) is 109 cm³/mol. The highest BCUT2D eigenvalue weighted by atomic mass is 32.2. The standard InChI is InChI=1S/C21H29N3OS/c1-26-16-11-20(24-12-5-6-13-24)21(25)22-19-9-14-23(15-10-19)17-18-7-3-2-4-8-18/h2-8,12-13,19-20H,9-11,14-17H2,1H3,(H,22,25)/t20-/m1/s1. The van der Waals surface area contributed by atoms with Gasteiger partial charge in [0.15, 0.2) is 0 Å². The average molecular weight is 372 g/mol. The van der Waals surface area contributed by atoms with Crippen LogP contribution in [0.3, 0.4) is 0 Å². The van der Waals surface area contributed by atoms with Crippen molar-refractivity contribution in [3.05, 3.63) is 60.4 Å². The number of benzene rings is 1. The summed E-state index contributed by atoms with van der Waals surface area (Å²) in [7, 11) is 0. The molecule has 1 aromatic heterocycles. The minimum absolute atomic E-state index is 0.0974. The third-order valence-corrected chi connectivity index (χ3v) is 5.71. The van der Waals surface area contributed by atoms with E-state index in [1.165, 1.54) is 5.56 Å². The number of hydrogen-bond acceptors (Lipinski definition) is 3. The second kappa shape index (κ2) is 9.83. The number of carbonyl (C=O) groups excluding carboxylic acids is 1. The second-order valence-corrected chi connectivity index (χ2v) is 7.96. The summed E-state index contributed by atoms with van der Waals surface area (Å²) in [5.74, 6) is 1.16. The Kier molecular flexibility index (Phi) is 7.21. The van der Waals surface area contributed by atoms with Crippen LogP contribution in [-0.2, 0) is 11.3 Å². The molecule has 1 aromatic carbocycles. The summed E-state index contributed by atoms with van der Waals surface area (Å²) in [5.41, 5.74) is 1.36. The maximum atomic E-state index is 12.8. The molecular weight excluding hydrogens is 342 g/mol. The lowest BCUT2D eigenvalue weighted by Crippen LogP contribution is -2.46. The lowest BCUT2D eigenvalue weighted by atomic mass is 10.0. The van der Waals surface area contributed by atoms with Gasteiger partial charge >= 0.3 is 0 Å². The van der Waals surface area contributed by atoms with Crippen molar-refractivity contribution in [1.82, 2.24) is 14.8 Å². The molecule has 3 rings (SSSR count). The van der Waals surface area contributed by atoms with Crippen LogP contribution in [0.1, 0.15) is 30.9 Å². The molecule has 1 saturated heterocycles. The maximum absolute atomic E-state index is 12.8. The van der Waals surface area contributed by atoms with Crippen LogP contribution in [0.4, 0.5) is 0 Å². The highest BCUT2D eigenvalue weighted by Gasteiger charge is 2.25. The van der Waals surface area contributed by atoms with Crippen LogP contribution in [0.15, 0.2) is 54.9 Å². The smallest absolute Gasteiger partial charge is 0.243 e. The van der Waals surface area contributed by atoms with Crippen molar-refractivity contribution in [2.75, 3.05) is 25.1 Å². The zero-order chi connectivity index (χ0) is 18.2. The average Bonchev–Trinajstić information content (AvgIpc) is 3.19. The highest BCUT2D eigenvalue weighted by molar-refractivity contribution is 7.98. The Balaban J connectivity index is 1.49. The molecule has 1 aliphatic heterocycles. The quantitative estimate of drug-likeness (QED) is 0.771. The van der Waals surface area contributed by atoms with E-state index in [1.807, 2.05) is 29.1 Å². The summed E-state index contributed by atoms with van der Waals surface area (Å²) in [6.07, 6.45) is 9.00. The number of rotatable bonds is 8. The molecule has 0 aliphatic carbocycles. The number of thioether (sulfide) groups is 1.